The summed E-state index contributed by atoms with van der Waals surface area (Å²) in [5, 5.41) is 16.1. The Bertz CT molecular complexity index is 1040. The number of anilines is 1. The summed E-state index contributed by atoms with van der Waals surface area (Å²) in [6.07, 6.45) is 0. The zero-order valence-corrected chi connectivity index (χ0v) is 17.1. The second-order valence-electron chi connectivity index (χ2n) is 5.75. The summed E-state index contributed by atoms with van der Waals surface area (Å²) < 4.78 is 16.0. The minimum absolute atomic E-state index is 0.204. The maximum Gasteiger partial charge on any atom is 0.196 e. The van der Waals surface area contributed by atoms with Crippen LogP contribution in [0.4, 0.5) is 5.69 Å². The van der Waals surface area contributed by atoms with Gasteiger partial charge in [0.1, 0.15) is 11.8 Å². The summed E-state index contributed by atoms with van der Waals surface area (Å²) in [5.74, 6) is 2.04. The van der Waals surface area contributed by atoms with Gasteiger partial charge in [0.2, 0.25) is 0 Å². The number of ether oxygens (including phenoxy) is 3. The van der Waals surface area contributed by atoms with Gasteiger partial charge in [-0.1, -0.05) is 0 Å². The van der Waals surface area contributed by atoms with Gasteiger partial charge in [0.15, 0.2) is 22.2 Å². The number of methoxy groups -OCH3 is 2. The molecule has 0 amide bonds. The lowest BCUT2D eigenvalue weighted by molar-refractivity contribution is 0.340. The number of nitriles is 1. The monoisotopic (exact) mass is 408 g/mol. The number of hydrogen-bond acceptors (Lipinski definition) is 8. The lowest BCUT2D eigenvalue weighted by atomic mass is 10.1. The van der Waals surface area contributed by atoms with Crippen molar-refractivity contribution in [1.82, 2.24) is 4.98 Å². The molecule has 0 aliphatic rings. The highest BCUT2D eigenvalue weighted by molar-refractivity contribution is 7.12. The van der Waals surface area contributed by atoms with E-state index in [1.54, 1.807) is 14.2 Å². The first-order chi connectivity index (χ1) is 14.2. The molecule has 0 atom stereocenters. The van der Waals surface area contributed by atoms with Gasteiger partial charge in [-0.2, -0.15) is 10.4 Å². The highest BCUT2D eigenvalue weighted by atomic mass is 32.1. The normalized spacial score (nSPS) is 10.9. The molecule has 8 heteroatoms. The van der Waals surface area contributed by atoms with E-state index in [0.717, 1.165) is 22.7 Å². The van der Waals surface area contributed by atoms with E-state index in [9.17, 15) is 5.26 Å². The molecule has 0 unspecified atom stereocenters. The number of nitrogens with one attached hydrogen (secondary N) is 1. The number of aromatic nitrogens is 1. The number of hydrazone groups is 1. The molecule has 0 saturated heterocycles. The summed E-state index contributed by atoms with van der Waals surface area (Å²) in [7, 11) is 3.17. The predicted molar refractivity (Wildman–Crippen MR) is 114 cm³/mol. The molecule has 0 aliphatic heterocycles. The predicted octanol–water partition coefficient (Wildman–Crippen LogP) is 4.57. The number of benzene rings is 2. The Morgan fingerprint density at radius 1 is 1.14 bits per heavy atom. The largest absolute Gasteiger partial charge is 0.494 e. The van der Waals surface area contributed by atoms with Crippen molar-refractivity contribution >= 4 is 22.7 Å². The maximum absolute atomic E-state index is 9.49. The fourth-order valence-corrected chi connectivity index (χ4v) is 3.31. The van der Waals surface area contributed by atoms with Crippen molar-refractivity contribution in [2.75, 3.05) is 26.3 Å². The van der Waals surface area contributed by atoms with Gasteiger partial charge in [-0.15, -0.1) is 11.3 Å². The van der Waals surface area contributed by atoms with Crippen LogP contribution < -0.4 is 19.6 Å². The molecule has 0 aliphatic carbocycles. The van der Waals surface area contributed by atoms with Crippen LogP contribution in [0.2, 0.25) is 0 Å². The van der Waals surface area contributed by atoms with Crippen molar-refractivity contribution in [2.24, 2.45) is 5.10 Å². The molecule has 0 fully saturated rings. The van der Waals surface area contributed by atoms with E-state index in [-0.39, 0.29) is 5.71 Å². The van der Waals surface area contributed by atoms with Crippen LogP contribution in [-0.4, -0.2) is 31.5 Å². The lowest BCUT2D eigenvalue weighted by Gasteiger charge is -2.08. The number of thiazole rings is 1. The maximum atomic E-state index is 9.49. The topological polar surface area (TPSA) is 88.8 Å². The average Bonchev–Trinajstić information content (AvgIpc) is 3.25. The molecule has 1 N–H and O–H groups in total. The summed E-state index contributed by atoms with van der Waals surface area (Å²) in [5.41, 5.74) is 5.43. The van der Waals surface area contributed by atoms with Crippen LogP contribution in [0, 0.1) is 11.3 Å². The average molecular weight is 408 g/mol. The number of rotatable bonds is 8. The second kappa shape index (κ2) is 9.57. The first-order valence-electron chi connectivity index (χ1n) is 8.83. The Kier molecular flexibility index (Phi) is 6.66. The molecule has 3 rings (SSSR count). The molecule has 2 aromatic carbocycles. The SMILES string of the molecule is CCOc1ccc(NN=C(C#N)c2nc(-c3ccc(OC)c(OC)c3)cs2)cc1. The fraction of sp³-hybridized carbons (Fsp3) is 0.190. The quantitative estimate of drug-likeness (QED) is 0.434. The molecule has 7 nitrogen and oxygen atoms in total. The highest BCUT2D eigenvalue weighted by Gasteiger charge is 2.13. The summed E-state index contributed by atoms with van der Waals surface area (Å²) in [6, 6.07) is 15.0. The van der Waals surface area contributed by atoms with Crippen molar-refractivity contribution < 1.29 is 14.2 Å². The first-order valence-corrected chi connectivity index (χ1v) is 9.71. The van der Waals surface area contributed by atoms with Crippen LogP contribution in [0.3, 0.4) is 0 Å². The summed E-state index contributed by atoms with van der Waals surface area (Å²) in [4.78, 5) is 4.54. The number of hydrogen-bond donors (Lipinski definition) is 1. The van der Waals surface area contributed by atoms with Crippen LogP contribution in [0.5, 0.6) is 17.2 Å². The molecule has 0 bridgehead atoms. The Morgan fingerprint density at radius 2 is 1.90 bits per heavy atom. The molecule has 0 spiro atoms. The Morgan fingerprint density at radius 3 is 2.55 bits per heavy atom. The van der Waals surface area contributed by atoms with Gasteiger partial charge < -0.3 is 14.2 Å². The van der Waals surface area contributed by atoms with E-state index in [4.69, 9.17) is 14.2 Å². The van der Waals surface area contributed by atoms with Crippen molar-refractivity contribution in [3.63, 3.8) is 0 Å². The minimum Gasteiger partial charge on any atom is -0.494 e. The Balaban J connectivity index is 1.78. The molecule has 1 aromatic heterocycles. The first kappa shape index (κ1) is 20.2. The highest BCUT2D eigenvalue weighted by Crippen LogP contribution is 2.32. The second-order valence-corrected chi connectivity index (χ2v) is 6.61. The van der Waals surface area contributed by atoms with Crippen LogP contribution in [0.25, 0.3) is 11.3 Å². The standard InChI is InChI=1S/C21H20N4O3S/c1-4-28-16-8-6-15(7-9-16)24-25-17(12-22)21-23-18(13-29-21)14-5-10-19(26-2)20(11-14)27-3/h5-11,13,24H,4H2,1-3H3. The molecule has 3 aromatic rings. The van der Waals surface area contributed by atoms with Crippen LogP contribution >= 0.6 is 11.3 Å². The van der Waals surface area contributed by atoms with E-state index < -0.39 is 0 Å². The van der Waals surface area contributed by atoms with Gasteiger partial charge in [0, 0.05) is 10.9 Å². The van der Waals surface area contributed by atoms with Gasteiger partial charge in [0.05, 0.1) is 32.2 Å². The zero-order chi connectivity index (χ0) is 20.6. The van der Waals surface area contributed by atoms with Gasteiger partial charge >= 0.3 is 0 Å². The zero-order valence-electron chi connectivity index (χ0n) is 16.3. The number of nitrogens with zero attached hydrogens (tertiary/aromatic N) is 3. The smallest absolute Gasteiger partial charge is 0.196 e. The fourth-order valence-electron chi connectivity index (χ4n) is 2.54. The van der Waals surface area contributed by atoms with E-state index in [0.29, 0.717) is 23.1 Å². The van der Waals surface area contributed by atoms with Gasteiger partial charge in [-0.25, -0.2) is 4.98 Å². The summed E-state index contributed by atoms with van der Waals surface area (Å²) in [6.45, 7) is 2.54. The van der Waals surface area contributed by atoms with Crippen LogP contribution in [0.1, 0.15) is 11.9 Å². The van der Waals surface area contributed by atoms with Crippen LogP contribution in [-0.2, 0) is 0 Å². The lowest BCUT2D eigenvalue weighted by Crippen LogP contribution is -2.01. The molecule has 1 heterocycles. The third-order valence-electron chi connectivity index (χ3n) is 3.95. The van der Waals surface area contributed by atoms with Gasteiger partial charge in [-0.3, -0.25) is 5.43 Å². The molecule has 0 radical (unpaired) electrons. The van der Waals surface area contributed by atoms with E-state index in [2.05, 4.69) is 21.6 Å². The third kappa shape index (κ3) is 4.83. The minimum atomic E-state index is 0.204. The van der Waals surface area contributed by atoms with Crippen molar-refractivity contribution in [3.05, 3.63) is 52.9 Å². The molecular weight excluding hydrogens is 388 g/mol. The molecule has 0 saturated carbocycles. The van der Waals surface area contributed by atoms with Crippen molar-refractivity contribution in [2.45, 2.75) is 6.92 Å². The van der Waals surface area contributed by atoms with Crippen molar-refractivity contribution in [3.8, 4) is 34.6 Å². The van der Waals surface area contributed by atoms with Gasteiger partial charge in [-0.05, 0) is 49.4 Å². The molecular formula is C21H20N4O3S. The van der Waals surface area contributed by atoms with E-state index >= 15 is 0 Å². The third-order valence-corrected chi connectivity index (χ3v) is 4.80. The Hall–Kier alpha value is -3.57. The van der Waals surface area contributed by atoms with E-state index in [1.807, 2.05) is 54.8 Å². The molecule has 29 heavy (non-hydrogen) atoms. The van der Waals surface area contributed by atoms with Crippen molar-refractivity contribution in [1.29, 1.82) is 5.26 Å². The van der Waals surface area contributed by atoms with Crippen LogP contribution in [0.15, 0.2) is 52.9 Å². The Labute approximate surface area is 173 Å². The summed E-state index contributed by atoms with van der Waals surface area (Å²) >= 11 is 1.35. The molecule has 148 valence electrons. The van der Waals surface area contributed by atoms with Gasteiger partial charge in [0.25, 0.3) is 0 Å². The van der Waals surface area contributed by atoms with E-state index in [1.165, 1.54) is 11.3 Å².